The van der Waals surface area contributed by atoms with E-state index in [1.807, 2.05) is 0 Å². The van der Waals surface area contributed by atoms with Gasteiger partial charge in [-0.25, -0.2) is 14.6 Å². The predicted molar refractivity (Wildman–Crippen MR) is 125 cm³/mol. The van der Waals surface area contributed by atoms with Crippen molar-refractivity contribution in [3.05, 3.63) is 23.6 Å². The zero-order valence-electron chi connectivity index (χ0n) is 20.1. The van der Waals surface area contributed by atoms with Crippen LogP contribution in [0, 0.1) is 5.92 Å². The first-order valence-electron chi connectivity index (χ1n) is 10.8. The smallest absolute Gasteiger partial charge is 0.427 e. The van der Waals surface area contributed by atoms with Crippen molar-refractivity contribution in [2.24, 2.45) is 5.92 Å². The van der Waals surface area contributed by atoms with E-state index in [9.17, 15) is 19.8 Å². The third-order valence-corrected chi connectivity index (χ3v) is 5.35. The quantitative estimate of drug-likeness (QED) is 0.482. The maximum Gasteiger partial charge on any atom is 0.427 e. The van der Waals surface area contributed by atoms with E-state index in [2.05, 4.69) is 21.5 Å². The summed E-state index contributed by atoms with van der Waals surface area (Å²) in [5.41, 5.74) is -0.784. The molecular formula is C22H30ClN5O6. The lowest BCUT2D eigenvalue weighted by Gasteiger charge is -2.27. The number of imidazole rings is 1. The van der Waals surface area contributed by atoms with Crippen LogP contribution in [-0.2, 0) is 9.47 Å². The van der Waals surface area contributed by atoms with Crippen LogP contribution in [0.1, 0.15) is 54.0 Å². The minimum absolute atomic E-state index is 0.0984. The number of anilines is 1. The molecule has 2 amide bonds. The van der Waals surface area contributed by atoms with Gasteiger partial charge in [0.25, 0.3) is 0 Å². The van der Waals surface area contributed by atoms with Gasteiger partial charge in [-0.2, -0.15) is 9.97 Å². The zero-order chi connectivity index (χ0) is 25.6. The number of aromatic nitrogens is 4. The van der Waals surface area contributed by atoms with Gasteiger partial charge in [0.1, 0.15) is 16.7 Å². The molecule has 12 heteroatoms. The van der Waals surface area contributed by atoms with Crippen LogP contribution >= 0.6 is 11.6 Å². The van der Waals surface area contributed by atoms with E-state index in [0.717, 1.165) is 0 Å². The first-order chi connectivity index (χ1) is 15.6. The van der Waals surface area contributed by atoms with Gasteiger partial charge in [0.05, 0.1) is 25.1 Å². The molecule has 11 nitrogen and oxygen atoms in total. The van der Waals surface area contributed by atoms with Gasteiger partial charge in [-0.05, 0) is 53.5 Å². The summed E-state index contributed by atoms with van der Waals surface area (Å²) in [5, 5.41) is 19.8. The Morgan fingerprint density at radius 2 is 1.74 bits per heavy atom. The highest BCUT2D eigenvalue weighted by molar-refractivity contribution is 6.33. The Labute approximate surface area is 202 Å². The molecule has 2 N–H and O–H groups in total. The van der Waals surface area contributed by atoms with Gasteiger partial charge in [0.2, 0.25) is 5.95 Å². The summed E-state index contributed by atoms with van der Waals surface area (Å²) in [7, 11) is 0. The van der Waals surface area contributed by atoms with E-state index in [1.165, 1.54) is 6.33 Å². The molecule has 0 saturated heterocycles. The second-order valence-corrected chi connectivity index (χ2v) is 10.5. The average molecular weight is 496 g/mol. The van der Waals surface area contributed by atoms with Gasteiger partial charge in [-0.15, -0.1) is 4.90 Å². The summed E-state index contributed by atoms with van der Waals surface area (Å²) in [6.07, 6.45) is -1.14. The lowest BCUT2D eigenvalue weighted by Crippen LogP contribution is -2.44. The minimum Gasteiger partial charge on any atom is -0.443 e. The number of ether oxygens (including phenoxy) is 2. The van der Waals surface area contributed by atoms with Crippen LogP contribution in [-0.4, -0.2) is 65.8 Å². The molecule has 1 aliphatic rings. The average Bonchev–Trinajstić information content (AvgIpc) is 3.19. The number of fused-ring (bicyclic) bond motifs is 1. The Morgan fingerprint density at radius 3 is 2.21 bits per heavy atom. The standard InChI is InChI=1S/C22H30ClN5O6/c1-11-12(9-29)14(30)8-13(11)27-10-24-15-16(23)25-18(26-17(15)27)28(19(31)33-21(2,3)4)20(32)34-22(5,6)7/h10,12-14,29-30H,1,8-9H2,2-7H3/t12-,13-,14-/m0/s1. The first kappa shape index (κ1) is 25.9. The number of hydrogen-bond acceptors (Lipinski definition) is 9. The fourth-order valence-corrected chi connectivity index (χ4v) is 3.83. The lowest BCUT2D eigenvalue weighted by atomic mass is 10.0. The number of rotatable bonds is 3. The van der Waals surface area contributed by atoms with Crippen LogP contribution in [0.2, 0.25) is 5.15 Å². The highest BCUT2D eigenvalue weighted by atomic mass is 35.5. The van der Waals surface area contributed by atoms with Gasteiger partial charge in [0.15, 0.2) is 10.8 Å². The normalized spacial score (nSPS) is 21.1. The number of carbonyl (C=O) groups is 2. The summed E-state index contributed by atoms with van der Waals surface area (Å²) in [5.74, 6) is -0.857. The third-order valence-electron chi connectivity index (χ3n) is 5.09. The molecule has 34 heavy (non-hydrogen) atoms. The summed E-state index contributed by atoms with van der Waals surface area (Å²) in [6, 6.07) is -0.438. The molecule has 0 aromatic carbocycles. The molecule has 0 unspecified atom stereocenters. The number of carbonyl (C=O) groups excluding carboxylic acids is 2. The Bertz CT molecular complexity index is 1090. The van der Waals surface area contributed by atoms with E-state index in [0.29, 0.717) is 10.5 Å². The SMILES string of the molecule is C=C1[C@H](CO)[C@@H](O)C[C@@H]1n1cnc2c(Cl)nc(N(C(=O)OC(C)(C)C)C(=O)OC(C)(C)C)nc21. The van der Waals surface area contributed by atoms with E-state index >= 15 is 0 Å². The molecule has 0 bridgehead atoms. The van der Waals surface area contributed by atoms with Crippen molar-refractivity contribution in [1.29, 1.82) is 0 Å². The third kappa shape index (κ3) is 5.31. The fraction of sp³-hybridized carbons (Fsp3) is 0.591. The van der Waals surface area contributed by atoms with Crippen molar-refractivity contribution >= 4 is 40.9 Å². The molecule has 2 aromatic rings. The molecule has 0 spiro atoms. The van der Waals surface area contributed by atoms with Crippen LogP contribution in [0.3, 0.4) is 0 Å². The van der Waals surface area contributed by atoms with Crippen molar-refractivity contribution in [3.8, 4) is 0 Å². The van der Waals surface area contributed by atoms with E-state index in [1.54, 1.807) is 46.1 Å². The van der Waals surface area contributed by atoms with Crippen LogP contribution in [0.25, 0.3) is 11.2 Å². The number of amides is 2. The van der Waals surface area contributed by atoms with Gasteiger partial charge < -0.3 is 24.3 Å². The maximum absolute atomic E-state index is 13.0. The van der Waals surface area contributed by atoms with Gasteiger partial charge in [-0.1, -0.05) is 18.2 Å². The predicted octanol–water partition coefficient (Wildman–Crippen LogP) is 3.63. The lowest BCUT2D eigenvalue weighted by molar-refractivity contribution is 0.0427. The molecule has 3 rings (SSSR count). The van der Waals surface area contributed by atoms with Crippen LogP contribution in [0.15, 0.2) is 18.5 Å². The molecule has 3 atom stereocenters. The molecule has 1 aliphatic carbocycles. The zero-order valence-corrected chi connectivity index (χ0v) is 20.8. The molecule has 2 heterocycles. The Morgan fingerprint density at radius 1 is 1.18 bits per heavy atom. The molecule has 0 aliphatic heterocycles. The summed E-state index contributed by atoms with van der Waals surface area (Å²) in [4.78, 5) is 39.3. The number of imide groups is 1. The van der Waals surface area contributed by atoms with Crippen LogP contribution < -0.4 is 4.90 Å². The number of hydrogen-bond donors (Lipinski definition) is 2. The number of nitrogens with zero attached hydrogens (tertiary/aromatic N) is 5. The van der Waals surface area contributed by atoms with Crippen molar-refractivity contribution < 1.29 is 29.3 Å². The van der Waals surface area contributed by atoms with Gasteiger partial charge in [0, 0.05) is 5.92 Å². The van der Waals surface area contributed by atoms with Crippen molar-refractivity contribution in [2.75, 3.05) is 11.5 Å². The second kappa shape index (κ2) is 9.12. The van der Waals surface area contributed by atoms with E-state index < -0.39 is 41.5 Å². The minimum atomic E-state index is -1.04. The number of aliphatic hydroxyl groups excluding tert-OH is 2. The Hall–Kier alpha value is -2.76. The first-order valence-corrected chi connectivity index (χ1v) is 11.1. The van der Waals surface area contributed by atoms with E-state index in [4.69, 9.17) is 21.1 Å². The summed E-state index contributed by atoms with van der Waals surface area (Å²) in [6.45, 7) is 13.7. The summed E-state index contributed by atoms with van der Waals surface area (Å²) >= 11 is 6.35. The van der Waals surface area contributed by atoms with Crippen molar-refractivity contribution in [2.45, 2.75) is 71.3 Å². The van der Waals surface area contributed by atoms with Gasteiger partial charge in [-0.3, -0.25) is 0 Å². The Kier molecular flexibility index (Phi) is 6.94. The molecular weight excluding hydrogens is 466 g/mol. The van der Waals surface area contributed by atoms with Crippen LogP contribution in [0.5, 0.6) is 0 Å². The molecule has 2 aromatic heterocycles. The molecule has 1 saturated carbocycles. The second-order valence-electron chi connectivity index (χ2n) is 10.1. The van der Waals surface area contributed by atoms with Crippen molar-refractivity contribution in [3.63, 3.8) is 0 Å². The number of aliphatic hydroxyl groups is 2. The molecule has 186 valence electrons. The van der Waals surface area contributed by atoms with E-state index in [-0.39, 0.29) is 35.3 Å². The fourth-order valence-electron chi connectivity index (χ4n) is 3.62. The maximum atomic E-state index is 13.0. The highest BCUT2D eigenvalue weighted by Gasteiger charge is 2.39. The summed E-state index contributed by atoms with van der Waals surface area (Å²) < 4.78 is 12.4. The molecule has 1 fully saturated rings. The van der Waals surface area contributed by atoms with Crippen molar-refractivity contribution in [1.82, 2.24) is 19.5 Å². The largest absolute Gasteiger partial charge is 0.443 e. The Balaban J connectivity index is 2.11. The highest BCUT2D eigenvalue weighted by Crippen LogP contribution is 2.40. The topological polar surface area (TPSA) is 140 Å². The molecule has 0 radical (unpaired) electrons. The monoisotopic (exact) mass is 495 g/mol. The van der Waals surface area contributed by atoms with Crippen LogP contribution in [0.4, 0.5) is 15.5 Å². The number of halogens is 1. The van der Waals surface area contributed by atoms with Gasteiger partial charge >= 0.3 is 12.2 Å².